The van der Waals surface area contributed by atoms with Crippen molar-refractivity contribution in [1.29, 1.82) is 0 Å². The largest absolute Gasteiger partial charge is 1.00 e. The number of amides is 2. The van der Waals surface area contributed by atoms with E-state index in [0.717, 1.165) is 6.92 Å². The zero-order chi connectivity index (χ0) is 10.7. The zero-order valence-corrected chi connectivity index (χ0v) is 12.1. The molecule has 0 heterocycles. The summed E-state index contributed by atoms with van der Waals surface area (Å²) in [6, 6.07) is 0. The van der Waals surface area contributed by atoms with E-state index in [9.17, 15) is 0 Å². The van der Waals surface area contributed by atoms with Crippen LogP contribution in [0.25, 0.3) is 0 Å². The van der Waals surface area contributed by atoms with E-state index in [2.05, 4.69) is 36.7 Å². The van der Waals surface area contributed by atoms with Gasteiger partial charge in [0.25, 0.3) is 16.4 Å². The summed E-state index contributed by atoms with van der Waals surface area (Å²) in [7, 11) is 0. The van der Waals surface area contributed by atoms with E-state index >= 15 is 0 Å². The van der Waals surface area contributed by atoms with Gasteiger partial charge in [0.15, 0.2) is 0 Å². The molecule has 0 aliphatic rings. The first-order valence-corrected chi connectivity index (χ1v) is 3.25. The van der Waals surface area contributed by atoms with Gasteiger partial charge in [0.1, 0.15) is 0 Å². The summed E-state index contributed by atoms with van der Waals surface area (Å²) in [5.41, 5.74) is 8.67. The van der Waals surface area contributed by atoms with Crippen LogP contribution in [0.3, 0.4) is 0 Å². The molecule has 0 saturated heterocycles. The topological polar surface area (TPSA) is 123 Å². The first-order valence-electron chi connectivity index (χ1n) is 2.36. The number of carbonyl (C=O) groups is 3. The second-order valence-corrected chi connectivity index (χ2v) is 2.08. The van der Waals surface area contributed by atoms with E-state index in [0.29, 0.717) is 0 Å². The quantitative estimate of drug-likeness (QED) is 0.236. The Balaban J connectivity index is -0.0000000270. The van der Waals surface area contributed by atoms with Crippen LogP contribution >= 0.6 is 25.3 Å². The average molecular weight is 254 g/mol. The van der Waals surface area contributed by atoms with Gasteiger partial charge in [-0.15, -0.1) is 0 Å². The molecule has 13 heavy (non-hydrogen) atoms. The minimum atomic E-state index is -0.833. The van der Waals surface area contributed by atoms with E-state index in [1.807, 2.05) is 0 Å². The summed E-state index contributed by atoms with van der Waals surface area (Å²) in [6.07, 6.45) is 0. The van der Waals surface area contributed by atoms with Crippen molar-refractivity contribution in [3.63, 3.8) is 0 Å². The van der Waals surface area contributed by atoms with Gasteiger partial charge in [-0.3, -0.25) is 14.4 Å². The molecule has 0 atom stereocenters. The summed E-state index contributed by atoms with van der Waals surface area (Å²) in [5, 5.41) is 6.14. The third-order valence-corrected chi connectivity index (χ3v) is 0. The Bertz CT molecular complexity index is 131. The van der Waals surface area contributed by atoms with Crippen LogP contribution in [-0.4, -0.2) is 21.6 Å². The zero-order valence-electron chi connectivity index (χ0n) is 8.22. The van der Waals surface area contributed by atoms with Gasteiger partial charge in [0.2, 0.25) is 0 Å². The molecule has 0 saturated carbocycles. The molecule has 0 unspecified atom stereocenters. The van der Waals surface area contributed by atoms with Crippen molar-refractivity contribution < 1.29 is 72.3 Å². The number of hydrogen-bond acceptors (Lipinski definition) is 3. The number of carbonyl (C=O) groups excluding carboxylic acids is 2. The Morgan fingerprint density at radius 3 is 1.15 bits per heavy atom. The molecule has 0 spiro atoms. The molecule has 0 rings (SSSR count). The molecule has 0 radical (unpaired) electrons. The minimum Gasteiger partial charge on any atom is -1.00 e. The maximum absolute atomic E-state index is 9.09. The number of thiol groups is 2. The molecule has 5 N–H and O–H groups in total. The number of hydrogen-bond donors (Lipinski definition) is 5. The van der Waals surface area contributed by atoms with E-state index < -0.39 is 16.4 Å². The molecule has 6 nitrogen and oxygen atoms in total. The molecule has 0 aliphatic carbocycles. The maximum atomic E-state index is 9.09. The maximum Gasteiger partial charge on any atom is 1.00 e. The monoisotopic (exact) mass is 254 g/mol. The fraction of sp³-hybridized carbons (Fsp3) is 0.250. The molecular weight excluding hydrogens is 243 g/mol. The molecule has 0 aromatic heterocycles. The Morgan fingerprint density at radius 2 is 1.15 bits per heavy atom. The van der Waals surface area contributed by atoms with Crippen molar-refractivity contribution in [3.05, 3.63) is 0 Å². The van der Waals surface area contributed by atoms with Crippen molar-refractivity contribution in [3.8, 4) is 0 Å². The number of primary amides is 2. The number of carboxylic acids is 1. The molecule has 9 heteroatoms. The summed E-state index contributed by atoms with van der Waals surface area (Å²) < 4.78 is 0. The van der Waals surface area contributed by atoms with Gasteiger partial charge >= 0.3 is 51.4 Å². The molecule has 2 amide bonds. The van der Waals surface area contributed by atoms with E-state index in [-0.39, 0.29) is 52.8 Å². The van der Waals surface area contributed by atoms with Crippen LogP contribution in [0.5, 0.6) is 0 Å². The van der Waals surface area contributed by atoms with Gasteiger partial charge in [0, 0.05) is 6.92 Å². The van der Waals surface area contributed by atoms with Gasteiger partial charge in [-0.2, -0.15) is 0 Å². The van der Waals surface area contributed by atoms with Gasteiger partial charge < -0.3 is 18.0 Å². The predicted octanol–water partition coefficient (Wildman–Crippen LogP) is -2.80. The second kappa shape index (κ2) is 18.5. The van der Waals surface area contributed by atoms with Crippen LogP contribution in [0.1, 0.15) is 8.35 Å². The second-order valence-electron chi connectivity index (χ2n) is 1.20. The molecule has 0 aromatic rings. The van der Waals surface area contributed by atoms with Gasteiger partial charge in [0.05, 0.1) is 0 Å². The molecule has 0 bridgehead atoms. The Labute approximate surface area is 131 Å². The summed E-state index contributed by atoms with van der Waals surface area (Å²) >= 11 is 6.21. The first-order chi connectivity index (χ1) is 5.20. The Hall–Kier alpha value is 0.746. The predicted molar refractivity (Wildman–Crippen MR) is 51.6 cm³/mol. The minimum absolute atomic E-state index is 0. The SMILES string of the molecule is CC(=O)O.NC(=O)S.NC(=O)S.[H-].[K+]. The standard InChI is InChI=1S/C2H4O2.2CH3NOS.K.H/c1-2(3)4;2*2-1(3)4;;/h1H3,(H,3,4);2*(H3,2,3,4);;/q;;;+1;-1. The fourth-order valence-electron chi connectivity index (χ4n) is 0. The van der Waals surface area contributed by atoms with Gasteiger partial charge in [-0.05, 0) is 0 Å². The van der Waals surface area contributed by atoms with Crippen LogP contribution in [0.15, 0.2) is 0 Å². The summed E-state index contributed by atoms with van der Waals surface area (Å²) in [6.45, 7) is 1.08. The fourth-order valence-corrected chi connectivity index (χ4v) is 0. The van der Waals surface area contributed by atoms with Crippen LogP contribution in [-0.2, 0) is 4.79 Å². The van der Waals surface area contributed by atoms with Crippen molar-refractivity contribution in [1.82, 2.24) is 0 Å². The Kier molecular flexibility index (Phi) is 33.5. The number of nitrogens with two attached hydrogens (primary N) is 2. The number of aliphatic carboxylic acids is 1. The number of rotatable bonds is 0. The van der Waals surface area contributed by atoms with Gasteiger partial charge in [-0.25, -0.2) is 0 Å². The summed E-state index contributed by atoms with van der Waals surface area (Å²) in [4.78, 5) is 27.2. The molecule has 0 aliphatic heterocycles. The third kappa shape index (κ3) is 2640. The van der Waals surface area contributed by atoms with Crippen LogP contribution < -0.4 is 62.9 Å². The van der Waals surface area contributed by atoms with Crippen molar-refractivity contribution in [2.75, 3.05) is 0 Å². The van der Waals surface area contributed by atoms with Crippen molar-refractivity contribution in [2.45, 2.75) is 6.92 Å². The van der Waals surface area contributed by atoms with Crippen LogP contribution in [0.2, 0.25) is 0 Å². The van der Waals surface area contributed by atoms with E-state index in [4.69, 9.17) is 19.5 Å². The average Bonchev–Trinajstić information content (AvgIpc) is 1.54. The van der Waals surface area contributed by atoms with Crippen molar-refractivity contribution >= 4 is 41.7 Å². The molecule has 0 fully saturated rings. The smallest absolute Gasteiger partial charge is 1.00 e. The number of carboxylic acid groups (broad SMARTS) is 1. The third-order valence-electron chi connectivity index (χ3n) is 0. The molecule has 74 valence electrons. The Morgan fingerprint density at radius 1 is 1.15 bits per heavy atom. The van der Waals surface area contributed by atoms with Crippen molar-refractivity contribution in [2.24, 2.45) is 11.5 Å². The first kappa shape index (κ1) is 23.5. The molecule has 0 aromatic carbocycles. The van der Waals surface area contributed by atoms with E-state index in [1.165, 1.54) is 0 Å². The van der Waals surface area contributed by atoms with Crippen LogP contribution in [0.4, 0.5) is 9.59 Å². The molecular formula is C4H11KN2O4S2. The summed E-state index contributed by atoms with van der Waals surface area (Å²) in [5.74, 6) is -0.833. The van der Waals surface area contributed by atoms with Crippen LogP contribution in [0, 0.1) is 0 Å². The normalized spacial score (nSPS) is 5.77. The van der Waals surface area contributed by atoms with Gasteiger partial charge in [-0.1, -0.05) is 25.3 Å². The van der Waals surface area contributed by atoms with E-state index in [1.54, 1.807) is 0 Å².